The number of piperidine rings is 2. The molecule has 1 unspecified atom stereocenters. The third kappa shape index (κ3) is 3.70. The molecule has 1 spiro atoms. The van der Waals surface area contributed by atoms with E-state index in [0.29, 0.717) is 19.4 Å². The molecule has 1 atom stereocenters. The second kappa shape index (κ2) is 7.11. The molecule has 3 heterocycles. The number of likely N-dealkylation sites (tertiary alicyclic amines) is 2. The Bertz CT molecular complexity index is 491. The van der Waals surface area contributed by atoms with Crippen LogP contribution in [0.15, 0.2) is 16.8 Å². The second-order valence-corrected chi connectivity index (χ2v) is 7.62. The summed E-state index contributed by atoms with van der Waals surface area (Å²) in [6, 6.07) is 2.21. The third-order valence-electron chi connectivity index (χ3n) is 5.06. The van der Waals surface area contributed by atoms with Gasteiger partial charge in [-0.15, -0.1) is 0 Å². The van der Waals surface area contributed by atoms with E-state index in [0.717, 1.165) is 26.1 Å². The maximum atomic E-state index is 12.1. The van der Waals surface area contributed by atoms with Gasteiger partial charge in [0.15, 0.2) is 0 Å². The number of carbonyl (C=O) groups is 1. The molecular weight excluding hydrogens is 296 g/mol. The molecule has 2 fully saturated rings. The summed E-state index contributed by atoms with van der Waals surface area (Å²) in [6.45, 7) is 5.07. The van der Waals surface area contributed by atoms with Gasteiger partial charge in [-0.25, -0.2) is 0 Å². The van der Waals surface area contributed by atoms with E-state index in [1.165, 1.54) is 24.9 Å². The molecule has 1 amide bonds. The lowest BCUT2D eigenvalue weighted by Gasteiger charge is -2.48. The summed E-state index contributed by atoms with van der Waals surface area (Å²) in [4.78, 5) is 16.7. The van der Waals surface area contributed by atoms with Crippen LogP contribution < -0.4 is 0 Å². The predicted molar refractivity (Wildman–Crippen MR) is 88.8 cm³/mol. The fourth-order valence-electron chi connectivity index (χ4n) is 3.99. The Morgan fingerprint density at radius 1 is 1.32 bits per heavy atom. The molecule has 0 radical (unpaired) electrons. The van der Waals surface area contributed by atoms with Crippen molar-refractivity contribution in [2.45, 2.75) is 38.6 Å². The van der Waals surface area contributed by atoms with Crippen LogP contribution in [0.5, 0.6) is 0 Å². The fourth-order valence-corrected chi connectivity index (χ4v) is 4.65. The van der Waals surface area contributed by atoms with Crippen LogP contribution in [0.1, 0.15) is 37.7 Å². The number of amides is 1. The molecule has 1 N–H and O–H groups in total. The molecule has 4 nitrogen and oxygen atoms in total. The van der Waals surface area contributed by atoms with Crippen molar-refractivity contribution in [3.05, 3.63) is 22.4 Å². The molecular formula is C17H26N2O2S. The standard InChI is InChI=1S/C17H26N2O2S/c20-9-2-8-19-14-17(6-3-16(19)21)5-1-7-18(13-17)11-15-4-10-22-12-15/h4,10,12,20H,1-3,5-9,11,13-14H2. The summed E-state index contributed by atoms with van der Waals surface area (Å²) in [5.74, 6) is 0.272. The molecule has 0 aliphatic carbocycles. The van der Waals surface area contributed by atoms with Crippen LogP contribution in [-0.4, -0.2) is 53.6 Å². The molecule has 2 saturated heterocycles. The third-order valence-corrected chi connectivity index (χ3v) is 5.79. The number of rotatable bonds is 5. The topological polar surface area (TPSA) is 43.8 Å². The maximum Gasteiger partial charge on any atom is 0.222 e. The number of thiophene rings is 1. The first kappa shape index (κ1) is 16.0. The molecule has 3 rings (SSSR count). The van der Waals surface area contributed by atoms with Crippen LogP contribution in [-0.2, 0) is 11.3 Å². The lowest BCUT2D eigenvalue weighted by molar-refractivity contribution is -0.139. The number of nitrogens with zero attached hydrogens (tertiary/aromatic N) is 2. The fraction of sp³-hybridized carbons (Fsp3) is 0.706. The van der Waals surface area contributed by atoms with Crippen LogP contribution in [0.3, 0.4) is 0 Å². The van der Waals surface area contributed by atoms with Gasteiger partial charge in [-0.2, -0.15) is 11.3 Å². The Labute approximate surface area is 136 Å². The van der Waals surface area contributed by atoms with Gasteiger partial charge in [0.2, 0.25) is 5.91 Å². The Kier molecular flexibility index (Phi) is 5.16. The quantitative estimate of drug-likeness (QED) is 0.905. The largest absolute Gasteiger partial charge is 0.396 e. The van der Waals surface area contributed by atoms with Crippen molar-refractivity contribution in [2.24, 2.45) is 5.41 Å². The van der Waals surface area contributed by atoms with Gasteiger partial charge < -0.3 is 10.0 Å². The summed E-state index contributed by atoms with van der Waals surface area (Å²) in [5, 5.41) is 13.4. The van der Waals surface area contributed by atoms with Crippen LogP contribution in [0.25, 0.3) is 0 Å². The number of carbonyl (C=O) groups excluding carboxylic acids is 1. The van der Waals surface area contributed by atoms with Gasteiger partial charge >= 0.3 is 0 Å². The lowest BCUT2D eigenvalue weighted by atomic mass is 9.73. The highest BCUT2D eigenvalue weighted by Crippen LogP contribution is 2.39. The minimum absolute atomic E-state index is 0.168. The summed E-state index contributed by atoms with van der Waals surface area (Å²) in [6.07, 6.45) is 4.86. The van der Waals surface area contributed by atoms with E-state index in [-0.39, 0.29) is 17.9 Å². The second-order valence-electron chi connectivity index (χ2n) is 6.84. The zero-order valence-corrected chi connectivity index (χ0v) is 14.0. The zero-order valence-electron chi connectivity index (χ0n) is 13.2. The van der Waals surface area contributed by atoms with Crippen molar-refractivity contribution in [2.75, 3.05) is 32.8 Å². The maximum absolute atomic E-state index is 12.1. The molecule has 22 heavy (non-hydrogen) atoms. The highest BCUT2D eigenvalue weighted by molar-refractivity contribution is 7.07. The van der Waals surface area contributed by atoms with Crippen molar-refractivity contribution in [1.82, 2.24) is 9.80 Å². The molecule has 2 aliphatic rings. The Hall–Kier alpha value is -0.910. The van der Waals surface area contributed by atoms with Gasteiger partial charge in [0.05, 0.1) is 0 Å². The van der Waals surface area contributed by atoms with E-state index in [1.54, 1.807) is 11.3 Å². The minimum Gasteiger partial charge on any atom is -0.396 e. The lowest BCUT2D eigenvalue weighted by Crippen LogP contribution is -2.54. The smallest absolute Gasteiger partial charge is 0.222 e. The molecule has 5 heteroatoms. The van der Waals surface area contributed by atoms with Crippen molar-refractivity contribution in [3.63, 3.8) is 0 Å². The molecule has 122 valence electrons. The Morgan fingerprint density at radius 3 is 3.00 bits per heavy atom. The average molecular weight is 322 g/mol. The number of hydrogen-bond donors (Lipinski definition) is 1. The van der Waals surface area contributed by atoms with E-state index >= 15 is 0 Å². The van der Waals surface area contributed by atoms with Crippen LogP contribution in [0.2, 0.25) is 0 Å². The highest BCUT2D eigenvalue weighted by atomic mass is 32.1. The molecule has 0 aromatic carbocycles. The SMILES string of the molecule is O=C1CCC2(CCCN(Cc3ccsc3)C2)CN1CCCO. The average Bonchev–Trinajstić information content (AvgIpc) is 3.02. The Morgan fingerprint density at radius 2 is 2.23 bits per heavy atom. The monoisotopic (exact) mass is 322 g/mol. The van der Waals surface area contributed by atoms with Crippen LogP contribution in [0.4, 0.5) is 0 Å². The molecule has 1 aromatic heterocycles. The van der Waals surface area contributed by atoms with E-state index in [2.05, 4.69) is 21.7 Å². The van der Waals surface area contributed by atoms with Crippen molar-refractivity contribution in [3.8, 4) is 0 Å². The van der Waals surface area contributed by atoms with Crippen molar-refractivity contribution in [1.29, 1.82) is 0 Å². The van der Waals surface area contributed by atoms with Crippen LogP contribution >= 0.6 is 11.3 Å². The van der Waals surface area contributed by atoms with Crippen molar-refractivity contribution < 1.29 is 9.90 Å². The van der Waals surface area contributed by atoms with E-state index < -0.39 is 0 Å². The number of hydrogen-bond acceptors (Lipinski definition) is 4. The summed E-state index contributed by atoms with van der Waals surface area (Å²) in [5.41, 5.74) is 1.68. The Balaban J connectivity index is 1.62. The summed E-state index contributed by atoms with van der Waals surface area (Å²) < 4.78 is 0. The summed E-state index contributed by atoms with van der Waals surface area (Å²) >= 11 is 1.76. The van der Waals surface area contributed by atoms with Crippen LogP contribution in [0, 0.1) is 5.41 Å². The number of aliphatic hydroxyl groups is 1. The molecule has 0 saturated carbocycles. The van der Waals surface area contributed by atoms with Gasteiger partial charge in [-0.1, -0.05) is 0 Å². The zero-order chi connectivity index (χ0) is 15.4. The molecule has 1 aromatic rings. The first-order chi connectivity index (χ1) is 10.7. The first-order valence-corrected chi connectivity index (χ1v) is 9.27. The molecule has 0 bridgehead atoms. The van der Waals surface area contributed by atoms with Gasteiger partial charge in [0.1, 0.15) is 0 Å². The summed E-state index contributed by atoms with van der Waals surface area (Å²) in [7, 11) is 0. The van der Waals surface area contributed by atoms with Crippen molar-refractivity contribution >= 4 is 17.2 Å². The first-order valence-electron chi connectivity index (χ1n) is 8.33. The highest BCUT2D eigenvalue weighted by Gasteiger charge is 2.41. The number of aliphatic hydroxyl groups excluding tert-OH is 1. The minimum atomic E-state index is 0.168. The molecule has 2 aliphatic heterocycles. The normalized spacial score (nSPS) is 26.8. The van der Waals surface area contributed by atoms with Gasteiger partial charge in [0, 0.05) is 44.6 Å². The van der Waals surface area contributed by atoms with Gasteiger partial charge in [-0.05, 0) is 54.6 Å². The van der Waals surface area contributed by atoms with E-state index in [4.69, 9.17) is 5.11 Å². The van der Waals surface area contributed by atoms with E-state index in [9.17, 15) is 4.79 Å². The van der Waals surface area contributed by atoms with E-state index in [1.807, 2.05) is 4.90 Å². The van der Waals surface area contributed by atoms with Gasteiger partial charge in [0.25, 0.3) is 0 Å². The predicted octanol–water partition coefficient (Wildman–Crippen LogP) is 2.34. The van der Waals surface area contributed by atoms with Gasteiger partial charge in [-0.3, -0.25) is 9.69 Å².